The van der Waals surface area contributed by atoms with E-state index in [0.717, 1.165) is 66.6 Å². The highest BCUT2D eigenvalue weighted by Gasteiger charge is 2.40. The average Bonchev–Trinajstić information content (AvgIpc) is 1.31. The van der Waals surface area contributed by atoms with Crippen LogP contribution in [0, 0.1) is 62.2 Å². The van der Waals surface area contributed by atoms with Crippen molar-refractivity contribution in [1.82, 2.24) is 0 Å². The number of hydrogen-bond acceptors (Lipinski definition) is 0. The van der Waals surface area contributed by atoms with Gasteiger partial charge in [-0.25, -0.2) is 18.3 Å². The zero-order chi connectivity index (χ0) is 86.8. The number of pyridine rings is 4. The molecule has 0 radical (unpaired) electrons. The number of nitrogens with zero attached hydrogens (tertiary/aromatic N) is 4. The summed E-state index contributed by atoms with van der Waals surface area (Å²) in [5.41, 5.74) is 32.3. The van der Waals surface area contributed by atoms with Gasteiger partial charge in [-0.15, -0.1) is 0 Å². The lowest BCUT2D eigenvalue weighted by Crippen LogP contribution is -2.30. The van der Waals surface area contributed by atoms with Crippen molar-refractivity contribution in [3.63, 3.8) is 0 Å². The summed E-state index contributed by atoms with van der Waals surface area (Å²) >= 11 is 0. The maximum atomic E-state index is 9.24. The monoisotopic (exact) mass is 1640 g/mol. The quantitative estimate of drug-likeness (QED) is 0.0965. The van der Waals surface area contributed by atoms with E-state index in [9.17, 15) is 2.74 Å². The normalized spacial score (nSPS) is 22.3. The Morgan fingerprint density at radius 2 is 0.476 bits per heavy atom. The molecule has 8 fully saturated rings. The van der Waals surface area contributed by atoms with Gasteiger partial charge in [0.1, 0.15) is 28.2 Å². The predicted molar refractivity (Wildman–Crippen MR) is 520 cm³/mol. The third kappa shape index (κ3) is 20.6. The van der Waals surface area contributed by atoms with Crippen molar-refractivity contribution < 1.29 is 21.0 Å². The standard InChI is InChI=1S/2C31H38N.2C29H34N/c2*1-23-8-6-7-11-30(23)31-22-29(20-21-32(31)2)28-18-16-27(17-19-28)26-14-12-25(13-15-26)24-9-4-3-5-10-24;2*1-22-7-3-4-8-27(22)28-21-26(15-20-30(28)2)24-11-9-23(10-12-24)25-13-18-29(19-14-25)16-5-6-17-29/h2*6-8,11,16-22,24-26H,3-5,9-10,12-15H2,1-2H3;2*3-4,7-12,15,20-21,25H,5-6,13-14,16-19H2,1-2H3/q4*+1/i26D;;25D;. The van der Waals surface area contributed by atoms with Crippen LogP contribution in [0.25, 0.3) is 89.5 Å². The van der Waals surface area contributed by atoms with Crippen LogP contribution in [0.5, 0.6) is 0 Å². The van der Waals surface area contributed by atoms with Crippen molar-refractivity contribution in [3.8, 4) is 89.5 Å². The number of aryl methyl sites for hydroxylation is 8. The molecule has 4 aromatic heterocycles. The molecular formula is C120H144N4+4. The summed E-state index contributed by atoms with van der Waals surface area (Å²) in [6.45, 7) is 8.73. The van der Waals surface area contributed by atoms with Crippen LogP contribution < -0.4 is 18.3 Å². The highest BCUT2D eigenvalue weighted by atomic mass is 14.9. The topological polar surface area (TPSA) is 15.5 Å². The van der Waals surface area contributed by atoms with Crippen LogP contribution >= 0.6 is 0 Å². The molecule has 0 aliphatic heterocycles. The van der Waals surface area contributed by atoms with Gasteiger partial charge in [-0.2, -0.15) is 0 Å². The second-order valence-corrected chi connectivity index (χ2v) is 39.9. The number of aromatic nitrogens is 4. The second-order valence-electron chi connectivity index (χ2n) is 39.9. The zero-order valence-corrected chi connectivity index (χ0v) is 76.7. The van der Waals surface area contributed by atoms with Crippen LogP contribution in [0.4, 0.5) is 0 Å². The van der Waals surface area contributed by atoms with Gasteiger partial charge < -0.3 is 0 Å². The Balaban J connectivity index is 0.000000119. The lowest BCUT2D eigenvalue weighted by atomic mass is 9.68. The number of rotatable bonds is 14. The van der Waals surface area contributed by atoms with Crippen molar-refractivity contribution in [2.45, 2.75) is 270 Å². The SMILES string of the molecule is Cc1ccccc1-c1cc(-c2ccc(C3CCC(C4CCCCC4)CC3)cc2)cc[n+]1C.Cc1ccccc1-c1cc(-c2ccc(C3CCC4(CCCC4)CC3)cc2)cc[n+]1C.[2H]C1(c2ccc(-c3cc[n+](C)c(-c4ccccc4C)c3)cc2)CCC(C2CCCCC2)CC1.[2H]C1(c2ccc(-c3cc[n+](C)c(-c4ccccc4C)c3)cc2)CCC2(CCCC2)CC1. The largest absolute Gasteiger partial charge is 0.213 e. The molecule has 640 valence electrons. The van der Waals surface area contributed by atoms with Crippen LogP contribution in [0.1, 0.15) is 289 Å². The molecule has 2 spiro atoms. The lowest BCUT2D eigenvalue weighted by Gasteiger charge is -2.37. The molecule has 4 heteroatoms. The first-order valence-electron chi connectivity index (χ1n) is 50.0. The summed E-state index contributed by atoms with van der Waals surface area (Å²) < 4.78 is 27.3. The lowest BCUT2D eigenvalue weighted by molar-refractivity contribution is -0.660. The minimum atomic E-state index is -0.404. The molecule has 0 atom stereocenters. The highest BCUT2D eigenvalue weighted by Crippen LogP contribution is 2.55. The molecule has 8 aliphatic rings. The van der Waals surface area contributed by atoms with E-state index in [4.69, 9.17) is 0 Å². The van der Waals surface area contributed by atoms with E-state index in [1.807, 2.05) is 0 Å². The van der Waals surface area contributed by atoms with Crippen LogP contribution in [0.2, 0.25) is 0 Å². The molecule has 0 amide bonds. The fourth-order valence-electron chi connectivity index (χ4n) is 24.3. The zero-order valence-electron chi connectivity index (χ0n) is 78.7. The van der Waals surface area contributed by atoms with E-state index >= 15 is 0 Å². The molecule has 124 heavy (non-hydrogen) atoms. The van der Waals surface area contributed by atoms with Crippen LogP contribution in [-0.2, 0) is 28.2 Å². The second kappa shape index (κ2) is 40.3. The summed E-state index contributed by atoms with van der Waals surface area (Å²) in [4.78, 5) is 0. The molecule has 0 N–H and O–H groups in total. The van der Waals surface area contributed by atoms with E-state index in [-0.39, 0.29) is 0 Å². The van der Waals surface area contributed by atoms with Crippen molar-refractivity contribution in [3.05, 3.63) is 312 Å². The Labute approximate surface area is 750 Å². The Morgan fingerprint density at radius 1 is 0.226 bits per heavy atom. The maximum absolute atomic E-state index is 9.24. The van der Waals surface area contributed by atoms with Gasteiger partial charge in [-0.05, 0) is 328 Å². The molecule has 8 saturated carbocycles. The minimum Gasteiger partial charge on any atom is -0.201 e. The van der Waals surface area contributed by atoms with Gasteiger partial charge in [0.2, 0.25) is 22.8 Å². The first kappa shape index (κ1) is 83.9. The van der Waals surface area contributed by atoms with Gasteiger partial charge in [0.05, 0.1) is 0 Å². The fourth-order valence-corrected chi connectivity index (χ4v) is 24.3. The molecule has 0 saturated heterocycles. The molecule has 20 rings (SSSR count). The van der Waals surface area contributed by atoms with Crippen LogP contribution in [0.3, 0.4) is 0 Å². The number of hydrogen-bond donors (Lipinski definition) is 0. The van der Waals surface area contributed by atoms with E-state index in [0.29, 0.717) is 5.41 Å². The molecule has 4 heterocycles. The van der Waals surface area contributed by atoms with Gasteiger partial charge in [-0.1, -0.05) is 260 Å². The van der Waals surface area contributed by atoms with E-state index < -0.39 is 11.8 Å². The Morgan fingerprint density at radius 3 is 0.774 bits per heavy atom. The van der Waals surface area contributed by atoms with Gasteiger partial charge in [0, 0.05) is 73.5 Å². The molecular weight excluding hydrogens is 1500 g/mol. The molecule has 0 unspecified atom stereocenters. The Bertz CT molecular complexity index is 5600. The van der Waals surface area contributed by atoms with Crippen molar-refractivity contribution in [2.75, 3.05) is 0 Å². The molecule has 12 aromatic rings. The fraction of sp³-hybridized carbons (Fsp3) is 0.433. The summed E-state index contributed by atoms with van der Waals surface area (Å²) in [5, 5.41) is 0. The van der Waals surface area contributed by atoms with Crippen molar-refractivity contribution >= 4 is 0 Å². The highest BCUT2D eigenvalue weighted by molar-refractivity contribution is 5.74. The summed E-state index contributed by atoms with van der Waals surface area (Å²) in [7, 11) is 8.49. The first-order chi connectivity index (χ1) is 61.3. The van der Waals surface area contributed by atoms with E-state index in [1.54, 1.807) is 11.1 Å². The summed E-state index contributed by atoms with van der Waals surface area (Å²) in [6.07, 6.45) is 55.2. The molecule has 8 aliphatic carbocycles. The third-order valence-electron chi connectivity index (χ3n) is 32.3. The van der Waals surface area contributed by atoms with Crippen molar-refractivity contribution in [1.29, 1.82) is 0 Å². The van der Waals surface area contributed by atoms with Crippen molar-refractivity contribution in [2.24, 2.45) is 62.7 Å². The summed E-state index contributed by atoms with van der Waals surface area (Å²) in [5.74, 6) is 4.58. The average molecular weight is 1640 g/mol. The van der Waals surface area contributed by atoms with E-state index in [1.165, 1.54) is 316 Å². The summed E-state index contributed by atoms with van der Waals surface area (Å²) in [6, 6.07) is 89.4. The first-order valence-corrected chi connectivity index (χ1v) is 49.0. The predicted octanol–water partition coefficient (Wildman–Crippen LogP) is 30.8. The minimum absolute atomic E-state index is 0.401. The van der Waals surface area contributed by atoms with E-state index in [2.05, 4.69) is 342 Å². The van der Waals surface area contributed by atoms with Gasteiger partial charge in [0.25, 0.3) is 0 Å². The Hall–Kier alpha value is -9.64. The molecule has 8 aromatic carbocycles. The number of benzene rings is 8. The smallest absolute Gasteiger partial charge is 0.201 e. The third-order valence-corrected chi connectivity index (χ3v) is 32.3. The van der Waals surface area contributed by atoms with Gasteiger partial charge in [-0.3, -0.25) is 0 Å². The van der Waals surface area contributed by atoms with Crippen LogP contribution in [-0.4, -0.2) is 0 Å². The van der Waals surface area contributed by atoms with Crippen LogP contribution in [0.15, 0.2) is 267 Å². The Kier molecular flexibility index (Phi) is 27.3. The molecule has 0 bridgehead atoms. The van der Waals surface area contributed by atoms with Gasteiger partial charge >= 0.3 is 0 Å². The van der Waals surface area contributed by atoms with Gasteiger partial charge in [0.15, 0.2) is 24.8 Å². The molecule has 4 nitrogen and oxygen atoms in total. The maximum Gasteiger partial charge on any atom is 0.213 e.